The minimum atomic E-state index is -1.64. The molecule has 0 aromatic heterocycles. The van der Waals surface area contributed by atoms with Gasteiger partial charge < -0.3 is 0 Å². The van der Waals surface area contributed by atoms with Crippen molar-refractivity contribution in [3.8, 4) is 0 Å². The molecule has 0 saturated carbocycles. The molecule has 0 bridgehead atoms. The summed E-state index contributed by atoms with van der Waals surface area (Å²) in [5.74, 6) is 1.53. The van der Waals surface area contributed by atoms with Crippen molar-refractivity contribution in [2.75, 3.05) is 0 Å². The fraction of sp³-hybridized carbons (Fsp3) is 0.600. The molecule has 33 heavy (non-hydrogen) atoms. The highest BCUT2D eigenvalue weighted by molar-refractivity contribution is 9.10. The van der Waals surface area contributed by atoms with Gasteiger partial charge in [0, 0.05) is 8.95 Å². The van der Waals surface area contributed by atoms with Crippen molar-refractivity contribution in [3.63, 3.8) is 0 Å². The molecule has 3 heteroatoms. The lowest BCUT2D eigenvalue weighted by atomic mass is 9.88. The van der Waals surface area contributed by atoms with Crippen LogP contribution in [0.5, 0.6) is 0 Å². The van der Waals surface area contributed by atoms with E-state index in [9.17, 15) is 0 Å². The van der Waals surface area contributed by atoms with Gasteiger partial charge in [-0.1, -0.05) is 70.9 Å². The first-order valence-corrected chi connectivity index (χ1v) is 18.2. The zero-order valence-electron chi connectivity index (χ0n) is 20.8. The molecule has 0 spiro atoms. The summed E-state index contributed by atoms with van der Waals surface area (Å²) < 4.78 is 2.98. The van der Waals surface area contributed by atoms with Gasteiger partial charge in [-0.25, -0.2) is 0 Å². The first kappa shape index (κ1) is 23.0. The first-order valence-electron chi connectivity index (χ1n) is 13.4. The summed E-state index contributed by atoms with van der Waals surface area (Å²) >= 11 is 8.24. The quantitative estimate of drug-likeness (QED) is 0.308. The standard InChI is InChI=1S/C30H38Br2Si/c1-17-13-23-25(15-19-9-5-7-11-21(19)27(23)31)29(17)33(3,4)30-18(2)14-24-26(30)16-20-10-6-8-12-22(20)28(24)32/h15-18,29-30H,5-14H2,1-4H3. The van der Waals surface area contributed by atoms with Crippen molar-refractivity contribution in [1.29, 1.82) is 0 Å². The zero-order chi connectivity index (χ0) is 23.1. The summed E-state index contributed by atoms with van der Waals surface area (Å²) in [6.07, 6.45) is 13.1. The highest BCUT2D eigenvalue weighted by Crippen LogP contribution is 2.56. The molecule has 0 heterocycles. The molecule has 6 rings (SSSR count). The number of hydrogen-bond donors (Lipinski definition) is 0. The molecule has 0 radical (unpaired) electrons. The second-order valence-electron chi connectivity index (χ2n) is 12.3. The van der Waals surface area contributed by atoms with E-state index in [4.69, 9.17) is 0 Å². The second kappa shape index (κ2) is 8.34. The third-order valence-corrected chi connectivity index (χ3v) is 16.8. The molecule has 0 fully saturated rings. The average Bonchev–Trinajstić information content (AvgIpc) is 3.31. The maximum absolute atomic E-state index is 4.12. The zero-order valence-corrected chi connectivity index (χ0v) is 25.0. The topological polar surface area (TPSA) is 0 Å². The van der Waals surface area contributed by atoms with Crippen LogP contribution in [0.4, 0.5) is 0 Å². The van der Waals surface area contributed by atoms with Gasteiger partial charge in [-0.3, -0.25) is 0 Å². The molecule has 176 valence electrons. The van der Waals surface area contributed by atoms with Gasteiger partial charge in [0.15, 0.2) is 0 Å². The Morgan fingerprint density at radius 1 is 0.636 bits per heavy atom. The number of aryl methyl sites for hydroxylation is 2. The summed E-state index contributed by atoms with van der Waals surface area (Å²) in [6.45, 7) is 10.6. The number of halogens is 2. The molecular formula is C30H38Br2Si. The van der Waals surface area contributed by atoms with Gasteiger partial charge in [-0.05, 0) is 132 Å². The maximum atomic E-state index is 4.12. The normalized spacial score (nSPS) is 28.3. The lowest BCUT2D eigenvalue weighted by Gasteiger charge is -2.41. The Hall–Kier alpha value is -0.383. The Balaban J connectivity index is 1.46. The van der Waals surface area contributed by atoms with Crippen molar-refractivity contribution in [1.82, 2.24) is 0 Å². The largest absolute Gasteiger partial charge is 0.0684 e. The van der Waals surface area contributed by atoms with Crippen LogP contribution in [-0.4, -0.2) is 8.07 Å². The summed E-state index contributed by atoms with van der Waals surface area (Å²) in [5, 5.41) is 0. The molecule has 0 aliphatic heterocycles. The van der Waals surface area contributed by atoms with E-state index < -0.39 is 8.07 Å². The van der Waals surface area contributed by atoms with Gasteiger partial charge in [0.05, 0.1) is 8.07 Å². The number of benzene rings is 2. The van der Waals surface area contributed by atoms with E-state index in [0.29, 0.717) is 0 Å². The maximum Gasteiger partial charge on any atom is 0.0634 e. The molecule has 4 unspecified atom stereocenters. The van der Waals surface area contributed by atoms with Crippen molar-refractivity contribution in [3.05, 3.63) is 65.6 Å². The molecule has 2 aromatic rings. The van der Waals surface area contributed by atoms with Crippen LogP contribution in [-0.2, 0) is 38.5 Å². The van der Waals surface area contributed by atoms with Crippen LogP contribution in [0.1, 0.15) is 95.1 Å². The highest BCUT2D eigenvalue weighted by Gasteiger charge is 2.51. The molecule has 4 aliphatic carbocycles. The van der Waals surface area contributed by atoms with Crippen molar-refractivity contribution < 1.29 is 0 Å². The monoisotopic (exact) mass is 584 g/mol. The van der Waals surface area contributed by atoms with Crippen molar-refractivity contribution >= 4 is 39.9 Å². The van der Waals surface area contributed by atoms with Gasteiger partial charge in [-0.2, -0.15) is 0 Å². The van der Waals surface area contributed by atoms with Gasteiger partial charge in [0.25, 0.3) is 0 Å². The Bertz CT molecular complexity index is 1040. The lowest BCUT2D eigenvalue weighted by molar-refractivity contribution is 0.543. The Morgan fingerprint density at radius 3 is 1.45 bits per heavy atom. The fourth-order valence-corrected chi connectivity index (χ4v) is 16.1. The van der Waals surface area contributed by atoms with E-state index in [0.717, 1.165) is 22.9 Å². The van der Waals surface area contributed by atoms with Crippen LogP contribution in [0.25, 0.3) is 0 Å². The van der Waals surface area contributed by atoms with Crippen LogP contribution in [0.2, 0.25) is 13.1 Å². The molecule has 0 N–H and O–H groups in total. The van der Waals surface area contributed by atoms with Crippen molar-refractivity contribution in [2.45, 2.75) is 102 Å². The average molecular weight is 587 g/mol. The fourth-order valence-electron chi connectivity index (χ4n) is 8.77. The van der Waals surface area contributed by atoms with E-state index in [1.807, 2.05) is 0 Å². The van der Waals surface area contributed by atoms with Crippen LogP contribution in [0.3, 0.4) is 0 Å². The van der Waals surface area contributed by atoms with Gasteiger partial charge >= 0.3 is 0 Å². The van der Waals surface area contributed by atoms with Gasteiger partial charge in [0.2, 0.25) is 0 Å². The molecule has 4 atom stereocenters. The number of fused-ring (bicyclic) bond motifs is 4. The molecule has 4 aliphatic rings. The molecule has 0 saturated heterocycles. The lowest BCUT2D eigenvalue weighted by Crippen LogP contribution is -2.45. The first-order chi connectivity index (χ1) is 15.8. The van der Waals surface area contributed by atoms with Gasteiger partial charge in [-0.15, -0.1) is 0 Å². The van der Waals surface area contributed by atoms with E-state index in [-0.39, 0.29) is 0 Å². The third-order valence-electron chi connectivity index (χ3n) is 9.90. The summed E-state index contributed by atoms with van der Waals surface area (Å²) in [7, 11) is -1.64. The number of rotatable bonds is 2. The van der Waals surface area contributed by atoms with E-state index in [1.54, 1.807) is 44.5 Å². The van der Waals surface area contributed by atoms with Crippen LogP contribution >= 0.6 is 31.9 Å². The SMILES string of the molecule is CC1Cc2c(cc3c(c2Br)CCCC3)C1[Si](C)(C)C1c2cc3c(c(Br)c2CC1C)CCCC3. The Kier molecular flexibility index (Phi) is 5.82. The summed E-state index contributed by atoms with van der Waals surface area (Å²) in [5.41, 5.74) is 15.0. The predicted molar refractivity (Wildman–Crippen MR) is 150 cm³/mol. The highest BCUT2D eigenvalue weighted by atomic mass is 79.9. The van der Waals surface area contributed by atoms with E-state index >= 15 is 0 Å². The van der Waals surface area contributed by atoms with Crippen LogP contribution in [0, 0.1) is 11.8 Å². The van der Waals surface area contributed by atoms with Crippen LogP contribution in [0.15, 0.2) is 21.1 Å². The smallest absolute Gasteiger partial charge is 0.0634 e. The van der Waals surface area contributed by atoms with Crippen LogP contribution < -0.4 is 0 Å². The minimum Gasteiger partial charge on any atom is -0.0684 e. The predicted octanol–water partition coefficient (Wildman–Crippen LogP) is 9.01. The molecule has 2 aromatic carbocycles. The number of hydrogen-bond acceptors (Lipinski definition) is 0. The second-order valence-corrected chi connectivity index (χ2v) is 18.8. The molecular weight excluding hydrogens is 548 g/mol. The Labute approximate surface area is 218 Å². The summed E-state index contributed by atoms with van der Waals surface area (Å²) in [4.78, 5) is 0. The Morgan fingerprint density at radius 2 is 1.03 bits per heavy atom. The molecule has 0 amide bonds. The third kappa shape index (κ3) is 3.45. The molecule has 0 nitrogen and oxygen atoms in total. The summed E-state index contributed by atoms with van der Waals surface area (Å²) in [6, 6.07) is 5.39. The van der Waals surface area contributed by atoms with E-state index in [2.05, 4.69) is 70.9 Å². The van der Waals surface area contributed by atoms with Crippen molar-refractivity contribution in [2.24, 2.45) is 11.8 Å². The minimum absolute atomic E-state index is 0.763. The van der Waals surface area contributed by atoms with E-state index in [1.165, 1.54) is 73.2 Å². The van der Waals surface area contributed by atoms with Gasteiger partial charge in [0.1, 0.15) is 0 Å².